The van der Waals surface area contributed by atoms with Gasteiger partial charge in [0.1, 0.15) is 9.88 Å². The van der Waals surface area contributed by atoms with Gasteiger partial charge in [-0.2, -0.15) is 4.39 Å². The molecule has 0 bridgehead atoms. The summed E-state index contributed by atoms with van der Waals surface area (Å²) in [6.45, 7) is 3.61. The molecule has 11 heteroatoms. The number of ketones is 1. The van der Waals surface area contributed by atoms with E-state index < -0.39 is 17.5 Å². The lowest BCUT2D eigenvalue weighted by molar-refractivity contribution is 0.0630. The lowest BCUT2D eigenvalue weighted by atomic mass is 10.1. The van der Waals surface area contributed by atoms with Gasteiger partial charge >= 0.3 is 0 Å². The third-order valence-corrected chi connectivity index (χ3v) is 6.82. The molecule has 0 radical (unpaired) electrons. The molecule has 0 saturated heterocycles. The van der Waals surface area contributed by atoms with Crippen LogP contribution in [0.15, 0.2) is 73.1 Å². The average molecular weight is 545 g/mol. The van der Waals surface area contributed by atoms with Crippen LogP contribution in [0.25, 0.3) is 21.6 Å². The SMILES string of the molecule is CC(C)(O)Cn1c(NC(=O)c2cnc(-c3ccnc(F)c3)s2)nc2cc(NCC(=O)c3ccccc3)ccc21. The van der Waals surface area contributed by atoms with Gasteiger partial charge in [-0.05, 0) is 38.1 Å². The first-order chi connectivity index (χ1) is 18.7. The highest BCUT2D eigenvalue weighted by molar-refractivity contribution is 7.17. The molecular weight excluding hydrogens is 519 g/mol. The molecule has 1 amide bonds. The molecule has 0 aliphatic carbocycles. The van der Waals surface area contributed by atoms with Crippen molar-refractivity contribution in [2.24, 2.45) is 0 Å². The van der Waals surface area contributed by atoms with E-state index in [4.69, 9.17) is 0 Å². The lowest BCUT2D eigenvalue weighted by Crippen LogP contribution is -2.27. The largest absolute Gasteiger partial charge is 0.389 e. The Morgan fingerprint density at radius 1 is 1.08 bits per heavy atom. The van der Waals surface area contributed by atoms with Crippen molar-refractivity contribution in [2.75, 3.05) is 17.2 Å². The quantitative estimate of drug-likeness (QED) is 0.176. The zero-order chi connectivity index (χ0) is 27.6. The van der Waals surface area contributed by atoms with Crippen LogP contribution in [0.3, 0.4) is 0 Å². The Morgan fingerprint density at radius 2 is 1.87 bits per heavy atom. The molecule has 3 N–H and O–H groups in total. The van der Waals surface area contributed by atoms with Crippen LogP contribution in [0.2, 0.25) is 0 Å². The van der Waals surface area contributed by atoms with E-state index >= 15 is 0 Å². The van der Waals surface area contributed by atoms with Gasteiger partial charge < -0.3 is 15.0 Å². The number of nitrogens with zero attached hydrogens (tertiary/aromatic N) is 4. The van der Waals surface area contributed by atoms with Crippen LogP contribution >= 0.6 is 11.3 Å². The number of pyridine rings is 1. The molecule has 0 saturated carbocycles. The third-order valence-electron chi connectivity index (χ3n) is 5.77. The fraction of sp³-hybridized carbons (Fsp3) is 0.179. The number of aromatic nitrogens is 4. The van der Waals surface area contributed by atoms with E-state index in [0.29, 0.717) is 37.7 Å². The van der Waals surface area contributed by atoms with E-state index in [-0.39, 0.29) is 24.8 Å². The van der Waals surface area contributed by atoms with E-state index in [1.165, 1.54) is 18.5 Å². The van der Waals surface area contributed by atoms with Gasteiger partial charge in [0, 0.05) is 29.1 Å². The Hall–Kier alpha value is -4.48. The number of anilines is 2. The highest BCUT2D eigenvalue weighted by atomic mass is 32.1. The van der Waals surface area contributed by atoms with Crippen LogP contribution in [-0.2, 0) is 6.54 Å². The van der Waals surface area contributed by atoms with Gasteiger partial charge in [0.25, 0.3) is 5.91 Å². The predicted molar refractivity (Wildman–Crippen MR) is 149 cm³/mol. The Morgan fingerprint density at radius 3 is 2.62 bits per heavy atom. The van der Waals surface area contributed by atoms with Crippen LogP contribution in [-0.4, -0.2) is 48.5 Å². The van der Waals surface area contributed by atoms with Crippen molar-refractivity contribution in [2.45, 2.75) is 26.0 Å². The van der Waals surface area contributed by atoms with Crippen molar-refractivity contribution < 1.29 is 19.1 Å². The number of hydrogen-bond acceptors (Lipinski definition) is 8. The van der Waals surface area contributed by atoms with E-state index in [2.05, 4.69) is 25.6 Å². The molecule has 0 aliphatic heterocycles. The fourth-order valence-electron chi connectivity index (χ4n) is 4.00. The summed E-state index contributed by atoms with van der Waals surface area (Å²) in [7, 11) is 0. The molecular formula is C28H25FN6O3S. The Labute approximate surface area is 227 Å². The number of benzene rings is 2. The zero-order valence-electron chi connectivity index (χ0n) is 21.2. The standard InChI is InChI=1S/C28H25FN6O3S/c1-28(2,38)16-35-21-9-8-19(31-14-22(36)17-6-4-3-5-7-17)13-20(21)33-27(35)34-25(37)23-15-32-26(39-23)18-10-11-30-24(29)12-18/h3-13,15,31,38H,14,16H2,1-2H3,(H,33,34,37). The number of nitrogens with one attached hydrogen (secondary N) is 2. The summed E-state index contributed by atoms with van der Waals surface area (Å²) in [6, 6.07) is 17.3. The van der Waals surface area contributed by atoms with Gasteiger partial charge in [-0.25, -0.2) is 15.0 Å². The number of halogens is 1. The van der Waals surface area contributed by atoms with Crippen LogP contribution in [0.1, 0.15) is 33.9 Å². The number of carbonyl (C=O) groups excluding carboxylic acids is 2. The molecule has 0 fully saturated rings. The maximum atomic E-state index is 13.5. The maximum Gasteiger partial charge on any atom is 0.269 e. The maximum absolute atomic E-state index is 13.5. The fourth-order valence-corrected chi connectivity index (χ4v) is 4.81. The Kier molecular flexibility index (Phi) is 7.18. The molecule has 9 nitrogen and oxygen atoms in total. The second-order valence-electron chi connectivity index (χ2n) is 9.53. The molecule has 0 atom stereocenters. The molecule has 0 spiro atoms. The minimum absolute atomic E-state index is 0.0466. The van der Waals surface area contributed by atoms with Gasteiger partial charge in [0.2, 0.25) is 11.9 Å². The molecule has 3 aromatic heterocycles. The molecule has 0 aliphatic rings. The molecule has 5 rings (SSSR count). The van der Waals surface area contributed by atoms with Crippen molar-refractivity contribution in [1.29, 1.82) is 0 Å². The monoisotopic (exact) mass is 544 g/mol. The number of Topliss-reactive ketones (excluding diaryl/α,β-unsaturated/α-hetero) is 1. The van der Waals surface area contributed by atoms with Crippen molar-refractivity contribution in [3.8, 4) is 10.6 Å². The molecule has 39 heavy (non-hydrogen) atoms. The number of aliphatic hydroxyl groups is 1. The number of thiazole rings is 1. The van der Waals surface area contributed by atoms with Crippen molar-refractivity contribution >= 4 is 45.7 Å². The summed E-state index contributed by atoms with van der Waals surface area (Å²) < 4.78 is 15.2. The molecule has 3 heterocycles. The second kappa shape index (κ2) is 10.7. The summed E-state index contributed by atoms with van der Waals surface area (Å²) in [4.78, 5) is 38.3. The van der Waals surface area contributed by atoms with E-state index in [1.807, 2.05) is 30.3 Å². The van der Waals surface area contributed by atoms with Crippen LogP contribution in [0.4, 0.5) is 16.0 Å². The van der Waals surface area contributed by atoms with Gasteiger partial charge in [0.15, 0.2) is 5.78 Å². The van der Waals surface area contributed by atoms with Crippen molar-refractivity contribution in [3.05, 3.63) is 89.4 Å². The molecule has 198 valence electrons. The van der Waals surface area contributed by atoms with Gasteiger partial charge in [-0.3, -0.25) is 14.9 Å². The first-order valence-electron chi connectivity index (χ1n) is 12.1. The Bertz CT molecular complexity index is 1660. The first-order valence-corrected chi connectivity index (χ1v) is 12.9. The van der Waals surface area contributed by atoms with Gasteiger partial charge in [-0.1, -0.05) is 30.3 Å². The number of hydrogen-bond donors (Lipinski definition) is 3. The first kappa shape index (κ1) is 26.1. The number of imidazole rings is 1. The molecule has 0 unspecified atom stereocenters. The average Bonchev–Trinajstić information content (AvgIpc) is 3.52. The van der Waals surface area contributed by atoms with Crippen molar-refractivity contribution in [3.63, 3.8) is 0 Å². The predicted octanol–water partition coefficient (Wildman–Crippen LogP) is 5.01. The third kappa shape index (κ3) is 6.16. The summed E-state index contributed by atoms with van der Waals surface area (Å²) >= 11 is 1.11. The normalized spacial score (nSPS) is 11.5. The van der Waals surface area contributed by atoms with E-state index in [0.717, 1.165) is 11.3 Å². The van der Waals surface area contributed by atoms with Crippen LogP contribution < -0.4 is 10.6 Å². The van der Waals surface area contributed by atoms with E-state index in [1.54, 1.807) is 42.7 Å². The van der Waals surface area contributed by atoms with Crippen LogP contribution in [0, 0.1) is 5.95 Å². The van der Waals surface area contributed by atoms with Crippen molar-refractivity contribution in [1.82, 2.24) is 19.5 Å². The number of carbonyl (C=O) groups is 2. The lowest BCUT2D eigenvalue weighted by Gasteiger charge is -2.20. The molecule has 5 aromatic rings. The Balaban J connectivity index is 1.38. The summed E-state index contributed by atoms with van der Waals surface area (Å²) in [6.07, 6.45) is 2.76. The van der Waals surface area contributed by atoms with E-state index in [9.17, 15) is 19.1 Å². The summed E-state index contributed by atoms with van der Waals surface area (Å²) in [5.74, 6) is -0.867. The number of amides is 1. The summed E-state index contributed by atoms with van der Waals surface area (Å²) in [5, 5.41) is 17.0. The zero-order valence-corrected chi connectivity index (χ0v) is 22.0. The highest BCUT2D eigenvalue weighted by Gasteiger charge is 2.22. The van der Waals surface area contributed by atoms with Gasteiger partial charge in [-0.15, -0.1) is 11.3 Å². The highest BCUT2D eigenvalue weighted by Crippen LogP contribution is 2.28. The second-order valence-corrected chi connectivity index (χ2v) is 10.6. The topological polar surface area (TPSA) is 122 Å². The van der Waals surface area contributed by atoms with Crippen LogP contribution in [0.5, 0.6) is 0 Å². The smallest absolute Gasteiger partial charge is 0.269 e. The van der Waals surface area contributed by atoms with Gasteiger partial charge in [0.05, 0.1) is 35.9 Å². The number of rotatable bonds is 9. The molecule has 2 aromatic carbocycles. The minimum Gasteiger partial charge on any atom is -0.389 e. The summed E-state index contributed by atoms with van der Waals surface area (Å²) in [5.41, 5.74) is 2.01. The minimum atomic E-state index is -1.09. The number of fused-ring (bicyclic) bond motifs is 1.